The Kier molecular flexibility index (Phi) is 4.00. The minimum absolute atomic E-state index is 0.000996. The molecule has 1 aromatic heterocycles. The second kappa shape index (κ2) is 6.29. The van der Waals surface area contributed by atoms with Crippen LogP contribution in [0.2, 0.25) is 5.02 Å². The molecule has 3 aromatic rings. The van der Waals surface area contributed by atoms with Crippen molar-refractivity contribution in [1.82, 2.24) is 9.24 Å². The van der Waals surface area contributed by atoms with Gasteiger partial charge < -0.3 is 15.8 Å². The van der Waals surface area contributed by atoms with E-state index >= 15 is 0 Å². The first-order chi connectivity index (χ1) is 14.2. The lowest BCUT2D eigenvalue weighted by Crippen LogP contribution is -2.60. The highest BCUT2D eigenvalue weighted by molar-refractivity contribution is 6.38. The summed E-state index contributed by atoms with van der Waals surface area (Å²) in [5.74, 6) is 4.41. The smallest absolute Gasteiger partial charge is 0.350 e. The maximum atomic E-state index is 15.0. The van der Waals surface area contributed by atoms with E-state index in [1.807, 2.05) is 0 Å². The lowest BCUT2D eigenvalue weighted by atomic mass is 9.85. The molecule has 30 heavy (non-hydrogen) atoms. The van der Waals surface area contributed by atoms with Crippen molar-refractivity contribution in [2.75, 3.05) is 23.8 Å². The van der Waals surface area contributed by atoms with E-state index in [0.29, 0.717) is 10.2 Å². The molecule has 0 spiro atoms. The van der Waals surface area contributed by atoms with Crippen molar-refractivity contribution >= 4 is 28.2 Å². The summed E-state index contributed by atoms with van der Waals surface area (Å²) in [6.45, 7) is 0.0325. The number of nitrogens with zero attached hydrogens (tertiary/aromatic N) is 3. The van der Waals surface area contributed by atoms with Crippen LogP contribution in [0.25, 0.3) is 10.9 Å². The fraction of sp³-hybridized carbons (Fsp3) is 0.300. The molecule has 0 radical (unpaired) electrons. The summed E-state index contributed by atoms with van der Waals surface area (Å²) in [6.07, 6.45) is 1.45. The van der Waals surface area contributed by atoms with Crippen LogP contribution in [0.3, 0.4) is 0 Å². The molecule has 0 unspecified atom stereocenters. The molecular weight excluding hydrogens is 418 g/mol. The molecule has 7 nitrogen and oxygen atoms in total. The van der Waals surface area contributed by atoms with Gasteiger partial charge in [-0.2, -0.15) is 4.68 Å². The van der Waals surface area contributed by atoms with Gasteiger partial charge in [-0.05, 0) is 36.6 Å². The van der Waals surface area contributed by atoms with Gasteiger partial charge in [-0.1, -0.05) is 23.7 Å². The van der Waals surface area contributed by atoms with Gasteiger partial charge in [-0.3, -0.25) is 9.36 Å². The Hall–Kier alpha value is -2.91. The first kappa shape index (κ1) is 19.1. The third kappa shape index (κ3) is 2.65. The molecule has 2 aromatic carbocycles. The van der Waals surface area contributed by atoms with Gasteiger partial charge in [0.25, 0.3) is 5.56 Å². The number of halogens is 3. The zero-order chi connectivity index (χ0) is 21.4. The fourth-order valence-electron chi connectivity index (χ4n) is 4.07. The number of nitrogens with two attached hydrogens (primary N) is 1. The van der Waals surface area contributed by atoms with E-state index in [4.69, 9.17) is 17.4 Å². The number of aromatic nitrogens is 2. The van der Waals surface area contributed by atoms with E-state index in [0.717, 1.165) is 18.9 Å². The largest absolute Gasteiger partial charge is 0.381 e. The van der Waals surface area contributed by atoms with Crippen molar-refractivity contribution in [2.45, 2.75) is 24.5 Å². The van der Waals surface area contributed by atoms with Crippen LogP contribution in [-0.4, -0.2) is 27.4 Å². The van der Waals surface area contributed by atoms with Crippen molar-refractivity contribution in [3.63, 3.8) is 0 Å². The first-order valence-corrected chi connectivity index (χ1v) is 9.77. The summed E-state index contributed by atoms with van der Waals surface area (Å²) in [4.78, 5) is 26.5. The minimum atomic E-state index is -1.30. The molecular formula is C20H17ClF2N4O3. The van der Waals surface area contributed by atoms with E-state index < -0.39 is 28.5 Å². The van der Waals surface area contributed by atoms with Gasteiger partial charge in [-0.15, -0.1) is 0 Å². The zero-order valence-corrected chi connectivity index (χ0v) is 16.4. The molecule has 1 aliphatic heterocycles. The maximum Gasteiger partial charge on any atom is 0.350 e. The predicted octanol–water partition coefficient (Wildman–Crippen LogP) is 1.85. The average molecular weight is 435 g/mol. The number of β-amino-alcohol motifs (C(OH)–C–C–N with tert-alkyl or cyclic N) is 1. The molecule has 2 fully saturated rings. The molecule has 2 aliphatic rings. The normalized spacial score (nSPS) is 17.9. The number of nitrogen functional groups attached to an aromatic ring is 1. The van der Waals surface area contributed by atoms with E-state index in [-0.39, 0.29) is 40.7 Å². The van der Waals surface area contributed by atoms with Gasteiger partial charge >= 0.3 is 5.69 Å². The van der Waals surface area contributed by atoms with Crippen molar-refractivity contribution in [2.24, 2.45) is 0 Å². The molecule has 10 heteroatoms. The van der Waals surface area contributed by atoms with Crippen molar-refractivity contribution in [3.8, 4) is 0 Å². The maximum absolute atomic E-state index is 15.0. The van der Waals surface area contributed by atoms with Crippen LogP contribution in [0.4, 0.5) is 14.5 Å². The van der Waals surface area contributed by atoms with Crippen LogP contribution in [0.5, 0.6) is 0 Å². The van der Waals surface area contributed by atoms with Gasteiger partial charge in [0.2, 0.25) is 0 Å². The number of aliphatic hydroxyl groups is 1. The molecule has 2 heterocycles. The number of benzene rings is 2. The predicted molar refractivity (Wildman–Crippen MR) is 108 cm³/mol. The fourth-order valence-corrected chi connectivity index (χ4v) is 4.48. The molecule has 5 rings (SSSR count). The third-order valence-electron chi connectivity index (χ3n) is 5.79. The molecule has 0 bridgehead atoms. The highest BCUT2D eigenvalue weighted by atomic mass is 35.5. The van der Waals surface area contributed by atoms with Crippen molar-refractivity contribution < 1.29 is 13.9 Å². The SMILES string of the molecule is Nn1c(=O)c2cc(F)c(N3CC(O)(c4ccc(F)cc4)C3)c(Cl)c2n(C2CC2)c1=O. The standard InChI is InChI=1S/C20H17ClF2N4O3/c21-15-16-13(18(28)27(24)19(29)26(16)12-5-6-12)7-14(23)17(15)25-8-20(30,9-25)10-1-3-11(22)4-2-10/h1-4,7,12,30H,5-6,8-9,24H2. The Balaban J connectivity index is 1.62. The summed E-state index contributed by atoms with van der Waals surface area (Å²) >= 11 is 6.53. The third-order valence-corrected chi connectivity index (χ3v) is 6.14. The van der Waals surface area contributed by atoms with E-state index in [9.17, 15) is 23.5 Å². The van der Waals surface area contributed by atoms with Gasteiger partial charge in [0.15, 0.2) is 0 Å². The quantitative estimate of drug-likeness (QED) is 0.614. The molecule has 1 aliphatic carbocycles. The Morgan fingerprint density at radius 2 is 1.77 bits per heavy atom. The number of rotatable bonds is 3. The van der Waals surface area contributed by atoms with Crippen LogP contribution in [0.15, 0.2) is 39.9 Å². The summed E-state index contributed by atoms with van der Waals surface area (Å²) in [5, 5.41) is 10.7. The Labute approximate surface area is 173 Å². The Bertz CT molecular complexity index is 1310. The second-order valence-corrected chi connectivity index (χ2v) is 8.25. The van der Waals surface area contributed by atoms with E-state index in [2.05, 4.69) is 0 Å². The highest BCUT2D eigenvalue weighted by Crippen LogP contribution is 2.44. The average Bonchev–Trinajstić information content (AvgIpc) is 3.51. The molecule has 0 atom stereocenters. The van der Waals surface area contributed by atoms with Crippen molar-refractivity contribution in [3.05, 3.63) is 73.4 Å². The van der Waals surface area contributed by atoms with Crippen LogP contribution in [-0.2, 0) is 5.60 Å². The topological polar surface area (TPSA) is 93.5 Å². The highest BCUT2D eigenvalue weighted by Gasteiger charge is 2.45. The van der Waals surface area contributed by atoms with E-state index in [1.165, 1.54) is 33.7 Å². The monoisotopic (exact) mass is 434 g/mol. The lowest BCUT2D eigenvalue weighted by molar-refractivity contribution is 0.00716. The zero-order valence-electron chi connectivity index (χ0n) is 15.6. The number of hydrogen-bond acceptors (Lipinski definition) is 5. The van der Waals surface area contributed by atoms with Crippen LogP contribution in [0.1, 0.15) is 24.4 Å². The summed E-state index contributed by atoms with van der Waals surface area (Å²) in [6, 6.07) is 6.30. The Morgan fingerprint density at radius 3 is 2.37 bits per heavy atom. The van der Waals surface area contributed by atoms with Crippen molar-refractivity contribution in [1.29, 1.82) is 0 Å². The first-order valence-electron chi connectivity index (χ1n) is 9.39. The van der Waals surface area contributed by atoms with Gasteiger partial charge in [0.05, 0.1) is 34.7 Å². The summed E-state index contributed by atoms with van der Waals surface area (Å²) in [7, 11) is 0. The lowest BCUT2D eigenvalue weighted by Gasteiger charge is -2.48. The number of anilines is 1. The molecule has 156 valence electrons. The number of hydrogen-bond donors (Lipinski definition) is 2. The summed E-state index contributed by atoms with van der Waals surface area (Å²) < 4.78 is 30.0. The van der Waals surface area contributed by atoms with Crippen LogP contribution < -0.4 is 22.0 Å². The Morgan fingerprint density at radius 1 is 1.13 bits per heavy atom. The van der Waals surface area contributed by atoms with Crippen LogP contribution >= 0.6 is 11.6 Å². The minimum Gasteiger partial charge on any atom is -0.381 e. The molecule has 1 saturated heterocycles. The van der Waals surface area contributed by atoms with Gasteiger partial charge in [0, 0.05) is 6.04 Å². The second-order valence-electron chi connectivity index (χ2n) is 7.87. The van der Waals surface area contributed by atoms with Gasteiger partial charge in [-0.25, -0.2) is 13.6 Å². The molecule has 3 N–H and O–H groups in total. The number of fused-ring (bicyclic) bond motifs is 1. The summed E-state index contributed by atoms with van der Waals surface area (Å²) in [5.41, 5.74) is -2.19. The van der Waals surface area contributed by atoms with Gasteiger partial charge in [0.1, 0.15) is 17.2 Å². The molecule has 1 saturated carbocycles. The van der Waals surface area contributed by atoms with Crippen LogP contribution in [0, 0.1) is 11.6 Å². The van der Waals surface area contributed by atoms with E-state index in [1.54, 1.807) is 0 Å². The molecule has 0 amide bonds.